The zero-order chi connectivity index (χ0) is 16.2. The molecule has 0 aliphatic carbocycles. The van der Waals surface area contributed by atoms with Crippen LogP contribution in [0, 0.1) is 13.8 Å². The molecule has 1 aromatic rings. The van der Waals surface area contributed by atoms with Crippen LogP contribution in [0.25, 0.3) is 0 Å². The molecular formula is C10H17N5O5S. The number of nitrogens with one attached hydrogen (secondary N) is 2. The summed E-state index contributed by atoms with van der Waals surface area (Å²) in [5, 5.41) is 14.9. The maximum absolute atomic E-state index is 12.2. The molecule has 1 aromatic heterocycles. The lowest BCUT2D eigenvalue weighted by atomic mass is 10.4. The van der Waals surface area contributed by atoms with Gasteiger partial charge in [-0.05, 0) is 13.8 Å². The molecule has 2 amide bonds. The van der Waals surface area contributed by atoms with E-state index in [1.165, 1.54) is 13.8 Å². The summed E-state index contributed by atoms with van der Waals surface area (Å²) >= 11 is 0. The van der Waals surface area contributed by atoms with Crippen molar-refractivity contribution >= 4 is 22.0 Å². The number of urea groups is 1. The molecule has 0 spiro atoms. The molecule has 1 rings (SSSR count). The summed E-state index contributed by atoms with van der Waals surface area (Å²) in [5.74, 6) is -1.12. The number of primary amides is 1. The molecule has 0 aromatic carbocycles. The number of carboxylic acids is 1. The predicted octanol–water partition coefficient (Wildman–Crippen LogP) is -1.47. The van der Waals surface area contributed by atoms with Crippen LogP contribution < -0.4 is 15.8 Å². The fourth-order valence-corrected chi connectivity index (χ4v) is 3.23. The lowest BCUT2D eigenvalue weighted by Gasteiger charge is -2.07. The van der Waals surface area contributed by atoms with Gasteiger partial charge in [0.2, 0.25) is 10.0 Å². The zero-order valence-corrected chi connectivity index (χ0v) is 12.4. The number of aromatic nitrogens is 2. The standard InChI is InChI=1S/C10H17N5O5S/c1-6-9(7(2)15(14-6)5-8(16)17)21(19,20)13-4-3-12-10(11)18/h13H,3-5H2,1-2H3,(H,16,17)(H3,11,12,18). The van der Waals surface area contributed by atoms with Gasteiger partial charge >= 0.3 is 12.0 Å². The van der Waals surface area contributed by atoms with Crippen molar-refractivity contribution in [2.24, 2.45) is 5.73 Å². The lowest BCUT2D eigenvalue weighted by Crippen LogP contribution is -2.37. The van der Waals surface area contributed by atoms with Crippen molar-refractivity contribution in [3.05, 3.63) is 11.4 Å². The van der Waals surface area contributed by atoms with Crippen LogP contribution in [0.3, 0.4) is 0 Å². The first-order valence-corrected chi connectivity index (χ1v) is 7.42. The Bertz CT molecular complexity index is 651. The Morgan fingerprint density at radius 3 is 2.48 bits per heavy atom. The molecule has 0 aliphatic rings. The van der Waals surface area contributed by atoms with Crippen LogP contribution in [0.4, 0.5) is 4.79 Å². The number of hydrogen-bond acceptors (Lipinski definition) is 5. The third-order valence-electron chi connectivity index (χ3n) is 2.59. The summed E-state index contributed by atoms with van der Waals surface area (Å²) in [5.41, 5.74) is 5.28. The van der Waals surface area contributed by atoms with Crippen molar-refractivity contribution in [3.63, 3.8) is 0 Å². The third-order valence-corrected chi connectivity index (χ3v) is 4.30. The average Bonchev–Trinajstić information content (AvgIpc) is 2.59. The second-order valence-electron chi connectivity index (χ2n) is 4.24. The largest absolute Gasteiger partial charge is 0.480 e. The molecule has 0 saturated heterocycles. The number of aliphatic carboxylic acids is 1. The quantitative estimate of drug-likeness (QED) is 0.449. The van der Waals surface area contributed by atoms with Gasteiger partial charge in [0.1, 0.15) is 11.4 Å². The van der Waals surface area contributed by atoms with Gasteiger partial charge in [0.15, 0.2) is 0 Å². The SMILES string of the molecule is Cc1nn(CC(=O)O)c(C)c1S(=O)(=O)NCCNC(N)=O. The second-order valence-corrected chi connectivity index (χ2v) is 5.94. The Balaban J connectivity index is 2.90. The highest BCUT2D eigenvalue weighted by Crippen LogP contribution is 2.18. The van der Waals surface area contributed by atoms with Gasteiger partial charge in [0, 0.05) is 13.1 Å². The van der Waals surface area contributed by atoms with Crippen LogP contribution in [0.15, 0.2) is 4.90 Å². The minimum Gasteiger partial charge on any atom is -0.480 e. The number of hydrogen-bond donors (Lipinski definition) is 4. The topological polar surface area (TPSA) is 156 Å². The highest BCUT2D eigenvalue weighted by Gasteiger charge is 2.24. The molecule has 10 nitrogen and oxygen atoms in total. The van der Waals surface area contributed by atoms with Crippen LogP contribution in [-0.4, -0.2) is 48.4 Å². The minimum absolute atomic E-state index is 0.0376. The van der Waals surface area contributed by atoms with E-state index in [1.54, 1.807) is 0 Å². The van der Waals surface area contributed by atoms with Gasteiger partial charge in [0.25, 0.3) is 0 Å². The van der Waals surface area contributed by atoms with E-state index in [2.05, 4.69) is 15.1 Å². The summed E-state index contributed by atoms with van der Waals surface area (Å²) in [6.45, 7) is 2.51. The summed E-state index contributed by atoms with van der Waals surface area (Å²) in [6.07, 6.45) is 0. The Labute approximate surface area is 121 Å². The summed E-state index contributed by atoms with van der Waals surface area (Å²) < 4.78 is 27.7. The zero-order valence-electron chi connectivity index (χ0n) is 11.6. The van der Waals surface area contributed by atoms with Crippen LogP contribution in [-0.2, 0) is 21.4 Å². The van der Waals surface area contributed by atoms with Crippen molar-refractivity contribution in [1.29, 1.82) is 0 Å². The molecule has 1 heterocycles. The van der Waals surface area contributed by atoms with Gasteiger partial charge in [-0.15, -0.1) is 0 Å². The molecule has 11 heteroatoms. The number of carboxylic acid groups (broad SMARTS) is 1. The van der Waals surface area contributed by atoms with Gasteiger partial charge < -0.3 is 16.2 Å². The maximum Gasteiger partial charge on any atom is 0.325 e. The van der Waals surface area contributed by atoms with Gasteiger partial charge in [-0.3, -0.25) is 9.48 Å². The number of rotatable bonds is 7. The number of nitrogens with two attached hydrogens (primary N) is 1. The van der Waals surface area contributed by atoms with Crippen molar-refractivity contribution in [1.82, 2.24) is 19.8 Å². The lowest BCUT2D eigenvalue weighted by molar-refractivity contribution is -0.137. The summed E-state index contributed by atoms with van der Waals surface area (Å²) in [6, 6.07) is -0.754. The van der Waals surface area contributed by atoms with Crippen molar-refractivity contribution in [2.45, 2.75) is 25.3 Å². The van der Waals surface area contributed by atoms with Crippen molar-refractivity contribution in [3.8, 4) is 0 Å². The van der Waals surface area contributed by atoms with Crippen molar-refractivity contribution < 1.29 is 23.1 Å². The Hall–Kier alpha value is -2.14. The fraction of sp³-hybridized carbons (Fsp3) is 0.500. The highest BCUT2D eigenvalue weighted by atomic mass is 32.2. The van der Waals surface area contributed by atoms with E-state index in [9.17, 15) is 18.0 Å². The first-order valence-electron chi connectivity index (χ1n) is 5.94. The Morgan fingerprint density at radius 2 is 1.95 bits per heavy atom. The van der Waals surface area contributed by atoms with E-state index in [4.69, 9.17) is 10.8 Å². The number of amides is 2. The minimum atomic E-state index is -3.85. The molecule has 0 bridgehead atoms. The molecule has 5 N–H and O–H groups in total. The molecule has 0 aliphatic heterocycles. The molecule has 21 heavy (non-hydrogen) atoms. The summed E-state index contributed by atoms with van der Waals surface area (Å²) in [7, 11) is -3.85. The normalized spacial score (nSPS) is 11.3. The van der Waals surface area contributed by atoms with Crippen LogP contribution in [0.1, 0.15) is 11.4 Å². The molecule has 0 atom stereocenters. The van der Waals surface area contributed by atoms with Crippen LogP contribution >= 0.6 is 0 Å². The number of nitrogens with zero attached hydrogens (tertiary/aromatic N) is 2. The van der Waals surface area contributed by atoms with Crippen LogP contribution in [0.2, 0.25) is 0 Å². The first kappa shape index (κ1) is 16.9. The highest BCUT2D eigenvalue weighted by molar-refractivity contribution is 7.89. The first-order chi connectivity index (χ1) is 9.65. The number of carbonyl (C=O) groups excluding carboxylic acids is 1. The van der Waals surface area contributed by atoms with Crippen molar-refractivity contribution in [2.75, 3.05) is 13.1 Å². The molecule has 0 radical (unpaired) electrons. The van der Waals surface area contributed by atoms with Gasteiger partial charge in [0.05, 0.1) is 11.4 Å². The molecule has 0 fully saturated rings. The number of carbonyl (C=O) groups is 2. The van der Waals surface area contributed by atoms with E-state index in [0.29, 0.717) is 0 Å². The van der Waals surface area contributed by atoms with E-state index in [0.717, 1.165) is 4.68 Å². The van der Waals surface area contributed by atoms with Gasteiger partial charge in [-0.1, -0.05) is 0 Å². The molecular weight excluding hydrogens is 302 g/mol. The fourth-order valence-electron chi connectivity index (χ4n) is 1.79. The Kier molecular flexibility index (Phi) is 5.27. The average molecular weight is 319 g/mol. The maximum atomic E-state index is 12.2. The molecule has 0 saturated carbocycles. The third kappa shape index (κ3) is 4.43. The second kappa shape index (κ2) is 6.54. The van der Waals surface area contributed by atoms with Gasteiger partial charge in [-0.2, -0.15) is 5.10 Å². The number of sulfonamides is 1. The van der Waals surface area contributed by atoms with E-state index < -0.39 is 28.6 Å². The molecule has 118 valence electrons. The van der Waals surface area contributed by atoms with Crippen LogP contribution in [0.5, 0.6) is 0 Å². The molecule has 0 unspecified atom stereocenters. The Morgan fingerprint density at radius 1 is 1.33 bits per heavy atom. The smallest absolute Gasteiger partial charge is 0.325 e. The van der Waals surface area contributed by atoms with E-state index >= 15 is 0 Å². The van der Waals surface area contributed by atoms with Gasteiger partial charge in [-0.25, -0.2) is 17.9 Å². The monoisotopic (exact) mass is 319 g/mol. The van der Waals surface area contributed by atoms with E-state index in [-0.39, 0.29) is 29.4 Å². The predicted molar refractivity (Wildman–Crippen MR) is 72.1 cm³/mol. The summed E-state index contributed by atoms with van der Waals surface area (Å²) in [4.78, 5) is 21.1. The van der Waals surface area contributed by atoms with E-state index in [1.807, 2.05) is 0 Å². The number of aryl methyl sites for hydroxylation is 1.